The molecule has 49 heavy (non-hydrogen) atoms. The third kappa shape index (κ3) is 6.09. The summed E-state index contributed by atoms with van der Waals surface area (Å²) >= 11 is 0. The Labute approximate surface area is 285 Å². The van der Waals surface area contributed by atoms with E-state index in [0.717, 1.165) is 67.0 Å². The van der Waals surface area contributed by atoms with Gasteiger partial charge in [0.25, 0.3) is 0 Å². The van der Waals surface area contributed by atoms with Gasteiger partial charge in [0.15, 0.2) is 17.5 Å². The average molecular weight is 630 g/mol. The zero-order chi connectivity index (χ0) is 33.0. The van der Waals surface area contributed by atoms with Crippen molar-refractivity contribution in [1.29, 1.82) is 5.41 Å². The van der Waals surface area contributed by atoms with E-state index in [2.05, 4.69) is 66.0 Å². The second-order valence-corrected chi connectivity index (χ2v) is 11.8. The van der Waals surface area contributed by atoms with Crippen LogP contribution in [0.2, 0.25) is 0 Å². The van der Waals surface area contributed by atoms with E-state index in [4.69, 9.17) is 20.4 Å². The van der Waals surface area contributed by atoms with Crippen molar-refractivity contribution in [3.8, 4) is 45.3 Å². The summed E-state index contributed by atoms with van der Waals surface area (Å²) in [5.74, 6) is 1.91. The van der Waals surface area contributed by atoms with Crippen LogP contribution in [0.4, 0.5) is 0 Å². The molecule has 0 saturated carbocycles. The quantitative estimate of drug-likeness (QED) is 0.172. The maximum atomic E-state index is 8.38. The van der Waals surface area contributed by atoms with Crippen molar-refractivity contribution in [2.45, 2.75) is 0 Å². The van der Waals surface area contributed by atoms with Crippen molar-refractivity contribution < 1.29 is 0 Å². The van der Waals surface area contributed by atoms with Crippen molar-refractivity contribution >= 4 is 29.3 Å². The molecule has 5 heteroatoms. The fourth-order valence-corrected chi connectivity index (χ4v) is 6.14. The lowest BCUT2D eigenvalue weighted by Crippen LogP contribution is -2.18. The second-order valence-electron chi connectivity index (χ2n) is 11.8. The summed E-state index contributed by atoms with van der Waals surface area (Å²) in [5.41, 5.74) is 11.9. The molecule has 0 bridgehead atoms. The first kappa shape index (κ1) is 29.7. The normalized spacial score (nSPS) is 13.1. The smallest absolute Gasteiger partial charge is 0.164 e. The summed E-state index contributed by atoms with van der Waals surface area (Å²) in [6.07, 6.45) is 3.63. The van der Waals surface area contributed by atoms with Gasteiger partial charge in [0.2, 0.25) is 0 Å². The number of hydrogen-bond donors (Lipinski definition) is 2. The van der Waals surface area contributed by atoms with Gasteiger partial charge in [-0.3, -0.25) is 0 Å². The number of benzene rings is 6. The first-order valence-electron chi connectivity index (χ1n) is 16.2. The molecule has 2 N–H and O–H groups in total. The highest BCUT2D eigenvalue weighted by atomic mass is 15.0. The highest BCUT2D eigenvalue weighted by molar-refractivity contribution is 6.20. The zero-order valence-electron chi connectivity index (χ0n) is 26.6. The minimum atomic E-state index is 0.626. The van der Waals surface area contributed by atoms with Gasteiger partial charge in [-0.05, 0) is 40.0 Å². The second kappa shape index (κ2) is 13.2. The van der Waals surface area contributed by atoms with Gasteiger partial charge in [-0.15, -0.1) is 0 Å². The Bertz CT molecular complexity index is 2270. The Kier molecular flexibility index (Phi) is 7.98. The maximum Gasteiger partial charge on any atom is 0.164 e. The third-order valence-corrected chi connectivity index (χ3v) is 8.64. The lowest BCUT2D eigenvalue weighted by molar-refractivity contribution is 1.07. The maximum absolute atomic E-state index is 8.38. The lowest BCUT2D eigenvalue weighted by Gasteiger charge is -2.25. The summed E-state index contributed by atoms with van der Waals surface area (Å²) in [5, 5.41) is 12.0. The number of fused-ring (bicyclic) bond motifs is 1. The molecular formula is C44H31N5. The predicted octanol–water partition coefficient (Wildman–Crippen LogP) is 10.2. The number of hydrogen-bond acceptors (Lipinski definition) is 5. The van der Waals surface area contributed by atoms with Gasteiger partial charge in [0, 0.05) is 39.7 Å². The van der Waals surface area contributed by atoms with Crippen molar-refractivity contribution in [2.75, 3.05) is 0 Å². The fourth-order valence-electron chi connectivity index (χ4n) is 6.14. The predicted molar refractivity (Wildman–Crippen MR) is 201 cm³/mol. The van der Waals surface area contributed by atoms with Gasteiger partial charge >= 0.3 is 0 Å². The molecule has 0 aliphatic carbocycles. The van der Waals surface area contributed by atoms with Crippen LogP contribution in [0.5, 0.6) is 0 Å². The molecule has 6 aromatic carbocycles. The first-order chi connectivity index (χ1) is 24.2. The summed E-state index contributed by atoms with van der Waals surface area (Å²) in [4.78, 5) is 14.6. The Balaban J connectivity index is 1.19. The molecule has 1 aliphatic heterocycles. The van der Waals surface area contributed by atoms with E-state index in [0.29, 0.717) is 17.5 Å². The molecule has 0 radical (unpaired) electrons. The Morgan fingerprint density at radius 3 is 1.45 bits per heavy atom. The van der Waals surface area contributed by atoms with Crippen molar-refractivity contribution in [3.63, 3.8) is 0 Å². The summed E-state index contributed by atoms with van der Waals surface area (Å²) < 4.78 is 0. The van der Waals surface area contributed by atoms with Crippen LogP contribution in [0.1, 0.15) is 22.3 Å². The van der Waals surface area contributed by atoms with Crippen LogP contribution in [-0.2, 0) is 0 Å². The number of allylic oxidation sites excluding steroid dienone is 1. The highest BCUT2D eigenvalue weighted by Gasteiger charge is 2.21. The molecule has 0 spiro atoms. The van der Waals surface area contributed by atoms with Gasteiger partial charge in [0.05, 0.1) is 5.70 Å². The summed E-state index contributed by atoms with van der Waals surface area (Å²) in [7, 11) is 0. The molecule has 0 atom stereocenters. The number of nitrogens with one attached hydrogen (secondary N) is 2. The molecular weight excluding hydrogens is 599 g/mol. The SMILES string of the molecule is N=C/C(=C1\NC(c2ccccc2)=Cc2cc(-c3ccc(-c4nc(-c5ccccc5)nc(-c5ccccc5)n4)cc3)ccc21)c1ccccc1. The number of rotatable bonds is 7. The van der Waals surface area contributed by atoms with Crippen LogP contribution in [0.25, 0.3) is 68.3 Å². The molecule has 5 nitrogen and oxygen atoms in total. The highest BCUT2D eigenvalue weighted by Crippen LogP contribution is 2.36. The van der Waals surface area contributed by atoms with Crippen molar-refractivity contribution in [3.05, 3.63) is 186 Å². The lowest BCUT2D eigenvalue weighted by atomic mass is 9.90. The topological polar surface area (TPSA) is 74.6 Å². The fraction of sp³-hybridized carbons (Fsp3) is 0. The van der Waals surface area contributed by atoms with Gasteiger partial charge in [0.1, 0.15) is 0 Å². The molecule has 8 rings (SSSR count). The molecule has 2 heterocycles. The van der Waals surface area contributed by atoms with E-state index in [-0.39, 0.29) is 0 Å². The van der Waals surface area contributed by atoms with Crippen LogP contribution in [-0.4, -0.2) is 21.2 Å². The molecule has 0 unspecified atom stereocenters. The molecule has 0 amide bonds. The largest absolute Gasteiger partial charge is 0.354 e. The van der Waals surface area contributed by atoms with Crippen LogP contribution in [0.3, 0.4) is 0 Å². The molecule has 0 fully saturated rings. The van der Waals surface area contributed by atoms with Crippen LogP contribution in [0, 0.1) is 5.41 Å². The Hall–Kier alpha value is -6.72. The Morgan fingerprint density at radius 1 is 0.469 bits per heavy atom. The van der Waals surface area contributed by atoms with Gasteiger partial charge in [-0.25, -0.2) is 15.0 Å². The van der Waals surface area contributed by atoms with E-state index in [1.54, 1.807) is 0 Å². The molecule has 232 valence electrons. The first-order valence-corrected chi connectivity index (χ1v) is 16.2. The molecule has 0 saturated heterocycles. The average Bonchev–Trinajstić information content (AvgIpc) is 3.19. The van der Waals surface area contributed by atoms with Crippen LogP contribution < -0.4 is 5.32 Å². The van der Waals surface area contributed by atoms with E-state index in [9.17, 15) is 0 Å². The summed E-state index contributed by atoms with van der Waals surface area (Å²) in [6.45, 7) is 0. The number of nitrogens with zero attached hydrogens (tertiary/aromatic N) is 3. The third-order valence-electron chi connectivity index (χ3n) is 8.64. The molecule has 1 aromatic heterocycles. The van der Waals surface area contributed by atoms with Gasteiger partial charge < -0.3 is 10.7 Å². The minimum absolute atomic E-state index is 0.626. The summed E-state index contributed by atoms with van der Waals surface area (Å²) in [6, 6.07) is 55.4. The van der Waals surface area contributed by atoms with Crippen molar-refractivity contribution in [2.24, 2.45) is 0 Å². The minimum Gasteiger partial charge on any atom is -0.354 e. The van der Waals surface area contributed by atoms with Gasteiger partial charge in [-0.1, -0.05) is 158 Å². The van der Waals surface area contributed by atoms with Crippen LogP contribution >= 0.6 is 0 Å². The zero-order valence-corrected chi connectivity index (χ0v) is 26.6. The van der Waals surface area contributed by atoms with E-state index in [1.807, 2.05) is 109 Å². The van der Waals surface area contributed by atoms with Gasteiger partial charge in [-0.2, -0.15) is 0 Å². The standard InChI is InChI=1S/C44H31N5/c45-29-39(31-13-5-1-6-14-31)41-38-26-25-36(27-37(38)28-40(46-41)32-15-7-2-8-16-32)30-21-23-35(24-22-30)44-48-42(33-17-9-3-10-18-33)47-43(49-44)34-19-11-4-12-20-34/h1-29,45-46H/b41-39+,45-29?. The molecule has 7 aromatic rings. The van der Waals surface area contributed by atoms with Crippen molar-refractivity contribution in [1.82, 2.24) is 20.3 Å². The van der Waals surface area contributed by atoms with E-state index < -0.39 is 0 Å². The van der Waals surface area contributed by atoms with Crippen LogP contribution in [0.15, 0.2) is 164 Å². The monoisotopic (exact) mass is 629 g/mol. The number of aromatic nitrogens is 3. The van der Waals surface area contributed by atoms with E-state index >= 15 is 0 Å². The van der Waals surface area contributed by atoms with E-state index in [1.165, 1.54) is 6.21 Å². The Morgan fingerprint density at radius 2 is 0.918 bits per heavy atom. The molecule has 1 aliphatic rings.